The summed E-state index contributed by atoms with van der Waals surface area (Å²) in [5, 5.41) is 0. The minimum Gasteiger partial charge on any atom is -0.0848 e. The van der Waals surface area contributed by atoms with E-state index in [2.05, 4.69) is 26.8 Å². The summed E-state index contributed by atoms with van der Waals surface area (Å²) in [6.07, 6.45) is 9.52. The Hall–Kier alpha value is -0.260. The lowest BCUT2D eigenvalue weighted by Gasteiger charge is -2.47. The Bertz CT molecular complexity index is 226. The van der Waals surface area contributed by atoms with E-state index in [1.54, 1.807) is 5.57 Å². The minimum atomic E-state index is 0.565. The molecule has 2 aliphatic carbocycles. The van der Waals surface area contributed by atoms with E-state index >= 15 is 0 Å². The third-order valence-corrected chi connectivity index (χ3v) is 4.75. The van der Waals surface area contributed by atoms with Gasteiger partial charge in [-0.15, -0.1) is 0 Å². The highest BCUT2D eigenvalue weighted by Gasteiger charge is 2.41. The highest BCUT2D eigenvalue weighted by Crippen LogP contribution is 2.52. The molecule has 0 bridgehead atoms. The second-order valence-corrected chi connectivity index (χ2v) is 5.34. The SMILES string of the molecule is CC.CC.CC.CC1CCC2=CCCCC2(C)C1C. The van der Waals surface area contributed by atoms with Crippen LogP contribution < -0.4 is 0 Å². The predicted octanol–water partition coefficient (Wildman–Crippen LogP) is 7.25. The van der Waals surface area contributed by atoms with Gasteiger partial charge in [0.2, 0.25) is 0 Å². The van der Waals surface area contributed by atoms with Crippen molar-refractivity contribution < 1.29 is 0 Å². The molecule has 1 saturated carbocycles. The molecular weight excluding hydrogens is 228 g/mol. The van der Waals surface area contributed by atoms with E-state index < -0.39 is 0 Å². The first-order valence-corrected chi connectivity index (χ1v) is 8.84. The van der Waals surface area contributed by atoms with Gasteiger partial charge in [0.05, 0.1) is 0 Å². The molecule has 0 heteroatoms. The fourth-order valence-electron chi connectivity index (χ4n) is 3.31. The van der Waals surface area contributed by atoms with Gasteiger partial charge >= 0.3 is 0 Å². The van der Waals surface area contributed by atoms with Crippen molar-refractivity contribution in [1.82, 2.24) is 0 Å². The third kappa shape index (κ3) is 5.32. The van der Waals surface area contributed by atoms with Crippen LogP contribution in [0.25, 0.3) is 0 Å². The monoisotopic (exact) mass is 268 g/mol. The number of fused-ring (bicyclic) bond motifs is 1. The minimum absolute atomic E-state index is 0.565. The molecule has 3 unspecified atom stereocenters. The van der Waals surface area contributed by atoms with Gasteiger partial charge in [-0.05, 0) is 49.4 Å². The van der Waals surface area contributed by atoms with Crippen LogP contribution in [-0.2, 0) is 0 Å². The molecule has 2 rings (SSSR count). The van der Waals surface area contributed by atoms with Gasteiger partial charge in [0, 0.05) is 0 Å². The van der Waals surface area contributed by atoms with Gasteiger partial charge in [0.1, 0.15) is 0 Å². The molecule has 19 heavy (non-hydrogen) atoms. The van der Waals surface area contributed by atoms with E-state index in [1.807, 2.05) is 41.5 Å². The van der Waals surface area contributed by atoms with Crippen molar-refractivity contribution in [2.75, 3.05) is 0 Å². The van der Waals surface area contributed by atoms with Crippen LogP contribution in [0.1, 0.15) is 94.4 Å². The first kappa shape index (κ1) is 21.0. The topological polar surface area (TPSA) is 0 Å². The Morgan fingerprint density at radius 3 is 2.05 bits per heavy atom. The van der Waals surface area contributed by atoms with Gasteiger partial charge in [0.25, 0.3) is 0 Å². The lowest BCUT2D eigenvalue weighted by Crippen LogP contribution is -2.37. The molecule has 0 heterocycles. The molecule has 3 atom stereocenters. The van der Waals surface area contributed by atoms with Crippen LogP contribution in [0, 0.1) is 17.3 Å². The average molecular weight is 269 g/mol. The molecule has 0 aliphatic heterocycles. The van der Waals surface area contributed by atoms with Crippen molar-refractivity contribution in [2.45, 2.75) is 94.4 Å². The largest absolute Gasteiger partial charge is 0.0848 e. The molecule has 0 aromatic heterocycles. The lowest BCUT2D eigenvalue weighted by atomic mass is 9.57. The summed E-state index contributed by atoms with van der Waals surface area (Å²) in [5.41, 5.74) is 2.35. The molecule has 0 nitrogen and oxygen atoms in total. The summed E-state index contributed by atoms with van der Waals surface area (Å²) >= 11 is 0. The molecule has 0 N–H and O–H groups in total. The molecule has 1 fully saturated rings. The predicted molar refractivity (Wildman–Crippen MR) is 91.6 cm³/mol. The summed E-state index contributed by atoms with van der Waals surface area (Å²) in [6.45, 7) is 19.4. The third-order valence-electron chi connectivity index (χ3n) is 4.75. The van der Waals surface area contributed by atoms with Crippen molar-refractivity contribution >= 4 is 0 Å². The zero-order valence-electron chi connectivity index (χ0n) is 15.3. The average Bonchev–Trinajstić information content (AvgIpc) is 2.50. The van der Waals surface area contributed by atoms with Crippen LogP contribution in [-0.4, -0.2) is 0 Å². The highest BCUT2D eigenvalue weighted by molar-refractivity contribution is 5.20. The maximum Gasteiger partial charge on any atom is -0.00881 e. The van der Waals surface area contributed by atoms with Crippen molar-refractivity contribution in [3.63, 3.8) is 0 Å². The van der Waals surface area contributed by atoms with E-state index in [9.17, 15) is 0 Å². The van der Waals surface area contributed by atoms with Gasteiger partial charge in [-0.2, -0.15) is 0 Å². The van der Waals surface area contributed by atoms with Crippen LogP contribution in [0.2, 0.25) is 0 Å². The van der Waals surface area contributed by atoms with E-state index in [4.69, 9.17) is 0 Å². The summed E-state index contributed by atoms with van der Waals surface area (Å²) in [7, 11) is 0. The maximum absolute atomic E-state index is 2.53. The first-order chi connectivity index (χ1) is 9.14. The number of hydrogen-bond donors (Lipinski definition) is 0. The molecular formula is C19H40. The van der Waals surface area contributed by atoms with Gasteiger partial charge in [-0.25, -0.2) is 0 Å². The Morgan fingerprint density at radius 2 is 1.53 bits per heavy atom. The molecule has 0 saturated heterocycles. The molecule has 2 aliphatic rings. The second kappa shape index (κ2) is 11.6. The lowest BCUT2D eigenvalue weighted by molar-refractivity contribution is 0.120. The van der Waals surface area contributed by atoms with Gasteiger partial charge in [0.15, 0.2) is 0 Å². The van der Waals surface area contributed by atoms with Gasteiger partial charge < -0.3 is 0 Å². The van der Waals surface area contributed by atoms with Crippen LogP contribution in [0.3, 0.4) is 0 Å². The number of hydrogen-bond acceptors (Lipinski definition) is 0. The van der Waals surface area contributed by atoms with E-state index in [1.165, 1.54) is 32.1 Å². The van der Waals surface area contributed by atoms with Crippen molar-refractivity contribution in [3.05, 3.63) is 11.6 Å². The summed E-state index contributed by atoms with van der Waals surface area (Å²) in [5.74, 6) is 1.83. The Labute approximate surface area is 124 Å². The summed E-state index contributed by atoms with van der Waals surface area (Å²) < 4.78 is 0. The van der Waals surface area contributed by atoms with E-state index in [0.29, 0.717) is 5.41 Å². The van der Waals surface area contributed by atoms with Gasteiger partial charge in [-0.3, -0.25) is 0 Å². The quantitative estimate of drug-likeness (QED) is 0.406. The Morgan fingerprint density at radius 1 is 1.00 bits per heavy atom. The zero-order valence-corrected chi connectivity index (χ0v) is 15.3. The first-order valence-electron chi connectivity index (χ1n) is 8.84. The summed E-state index contributed by atoms with van der Waals surface area (Å²) in [6, 6.07) is 0. The van der Waals surface area contributed by atoms with Crippen molar-refractivity contribution in [2.24, 2.45) is 17.3 Å². The van der Waals surface area contributed by atoms with Crippen molar-refractivity contribution in [1.29, 1.82) is 0 Å². The molecule has 0 amide bonds. The normalized spacial score (nSPS) is 31.9. The van der Waals surface area contributed by atoms with Crippen LogP contribution in [0.5, 0.6) is 0 Å². The fourth-order valence-corrected chi connectivity index (χ4v) is 3.31. The number of allylic oxidation sites excluding steroid dienone is 2. The zero-order chi connectivity index (χ0) is 15.5. The molecule has 0 spiro atoms. The van der Waals surface area contributed by atoms with Crippen LogP contribution >= 0.6 is 0 Å². The maximum atomic E-state index is 2.53. The fraction of sp³-hybridized carbons (Fsp3) is 0.895. The second-order valence-electron chi connectivity index (χ2n) is 5.34. The molecule has 0 aromatic carbocycles. The standard InChI is InChI=1S/C13H22.3C2H6/c1-10-7-8-12-6-4-5-9-13(12,3)11(10)2;3*1-2/h6,10-11H,4-5,7-9H2,1-3H3;3*1-2H3. The Kier molecular flexibility index (Phi) is 12.8. The van der Waals surface area contributed by atoms with E-state index in [-0.39, 0.29) is 0 Å². The molecule has 0 radical (unpaired) electrons. The Balaban J connectivity index is 0. The molecule has 0 aromatic rings. The highest BCUT2D eigenvalue weighted by atomic mass is 14.5. The molecule has 116 valence electrons. The van der Waals surface area contributed by atoms with Crippen LogP contribution in [0.4, 0.5) is 0 Å². The smallest absolute Gasteiger partial charge is 0.00881 e. The number of rotatable bonds is 0. The van der Waals surface area contributed by atoms with E-state index in [0.717, 1.165) is 11.8 Å². The van der Waals surface area contributed by atoms with Gasteiger partial charge in [-0.1, -0.05) is 74.0 Å². The van der Waals surface area contributed by atoms with Crippen LogP contribution in [0.15, 0.2) is 11.6 Å². The summed E-state index contributed by atoms with van der Waals surface area (Å²) in [4.78, 5) is 0. The van der Waals surface area contributed by atoms with Crippen molar-refractivity contribution in [3.8, 4) is 0 Å².